The van der Waals surface area contributed by atoms with Gasteiger partial charge in [0.15, 0.2) is 0 Å². The number of amides is 1. The smallest absolute Gasteiger partial charge is 0.266 e. The molecule has 1 aromatic rings. The predicted molar refractivity (Wildman–Crippen MR) is 97.7 cm³/mol. The Bertz CT molecular complexity index is 624. The minimum absolute atomic E-state index is 0.0234. The lowest BCUT2D eigenvalue weighted by Crippen LogP contribution is -2.52. The number of aromatic amines is 1. The summed E-state index contributed by atoms with van der Waals surface area (Å²) in [6.07, 6.45) is 6.02. The van der Waals surface area contributed by atoms with Crippen molar-refractivity contribution < 1.29 is 4.79 Å². The van der Waals surface area contributed by atoms with Crippen LogP contribution in [0.4, 0.5) is 5.69 Å². The lowest BCUT2D eigenvalue weighted by Gasteiger charge is -2.39. The van der Waals surface area contributed by atoms with E-state index >= 15 is 0 Å². The first-order valence-corrected chi connectivity index (χ1v) is 9.48. The number of nitrogens with one attached hydrogen (secondary N) is 1. The van der Waals surface area contributed by atoms with Gasteiger partial charge in [-0.25, -0.2) is 5.10 Å². The molecule has 1 N–H and O–H groups in total. The number of piperidine rings is 1. The van der Waals surface area contributed by atoms with Crippen molar-refractivity contribution in [3.05, 3.63) is 22.6 Å². The quantitative estimate of drug-likeness (QED) is 0.858. The molecule has 7 heteroatoms. The summed E-state index contributed by atoms with van der Waals surface area (Å²) in [4.78, 5) is 31.0. The summed E-state index contributed by atoms with van der Waals surface area (Å²) in [7, 11) is 0. The number of unbranched alkanes of at least 4 members (excludes halogenated alkanes) is 1. The highest BCUT2D eigenvalue weighted by molar-refractivity contribution is 5.80. The van der Waals surface area contributed by atoms with E-state index in [0.717, 1.165) is 57.8 Å². The van der Waals surface area contributed by atoms with Gasteiger partial charge in [0.25, 0.3) is 5.56 Å². The van der Waals surface area contributed by atoms with Gasteiger partial charge in [-0.05, 0) is 25.8 Å². The van der Waals surface area contributed by atoms with Crippen molar-refractivity contribution in [3.63, 3.8) is 0 Å². The van der Waals surface area contributed by atoms with Crippen LogP contribution in [0.1, 0.15) is 32.6 Å². The molecule has 0 unspecified atom stereocenters. The van der Waals surface area contributed by atoms with Crippen LogP contribution < -0.4 is 10.5 Å². The molecule has 1 aromatic heterocycles. The van der Waals surface area contributed by atoms with E-state index in [4.69, 9.17) is 0 Å². The van der Waals surface area contributed by atoms with E-state index in [2.05, 4.69) is 26.9 Å². The fraction of sp³-hybridized carbons (Fsp3) is 0.722. The second-order valence-corrected chi connectivity index (χ2v) is 7.11. The highest BCUT2D eigenvalue weighted by Crippen LogP contribution is 2.23. The third-order valence-corrected chi connectivity index (χ3v) is 5.30. The van der Waals surface area contributed by atoms with Crippen LogP contribution in [-0.4, -0.2) is 71.7 Å². The third kappa shape index (κ3) is 4.60. The number of H-pyrrole nitrogens is 1. The van der Waals surface area contributed by atoms with Crippen LogP contribution >= 0.6 is 0 Å². The van der Waals surface area contributed by atoms with Gasteiger partial charge in [0, 0.05) is 45.3 Å². The minimum Gasteiger partial charge on any atom is -0.369 e. The average Bonchev–Trinajstić information content (AvgIpc) is 2.66. The van der Waals surface area contributed by atoms with Gasteiger partial charge in [0.05, 0.1) is 17.8 Å². The molecule has 0 aliphatic carbocycles. The normalized spacial score (nSPS) is 22.2. The van der Waals surface area contributed by atoms with E-state index < -0.39 is 0 Å². The Morgan fingerprint density at radius 3 is 2.80 bits per heavy atom. The Labute approximate surface area is 149 Å². The summed E-state index contributed by atoms with van der Waals surface area (Å²) in [6, 6.07) is 1.56. The van der Waals surface area contributed by atoms with E-state index in [1.807, 2.05) is 4.90 Å². The van der Waals surface area contributed by atoms with Crippen LogP contribution in [0.5, 0.6) is 0 Å². The zero-order valence-corrected chi connectivity index (χ0v) is 15.1. The molecule has 7 nitrogen and oxygen atoms in total. The zero-order chi connectivity index (χ0) is 17.6. The van der Waals surface area contributed by atoms with Gasteiger partial charge in [-0.3, -0.25) is 14.5 Å². The number of rotatable bonds is 5. The Balaban J connectivity index is 1.55. The number of aromatic nitrogens is 2. The standard InChI is InChI=1S/C18H29N5O2/c1-2-3-6-21-8-10-22(11-9-21)18(25)15-5-4-7-23(14-15)16-12-17(24)20-19-13-16/h12-13,15H,2-11,14H2,1H3,(H,20,24)/t15-/m0/s1. The van der Waals surface area contributed by atoms with Gasteiger partial charge in [-0.15, -0.1) is 0 Å². The molecule has 0 bridgehead atoms. The first kappa shape index (κ1) is 17.9. The van der Waals surface area contributed by atoms with Crippen molar-refractivity contribution in [1.82, 2.24) is 20.0 Å². The van der Waals surface area contributed by atoms with Crippen molar-refractivity contribution in [2.24, 2.45) is 5.92 Å². The zero-order valence-electron chi connectivity index (χ0n) is 15.1. The van der Waals surface area contributed by atoms with Crippen LogP contribution in [0.2, 0.25) is 0 Å². The molecule has 2 fully saturated rings. The molecule has 0 spiro atoms. The fourth-order valence-corrected chi connectivity index (χ4v) is 3.78. The average molecular weight is 347 g/mol. The highest BCUT2D eigenvalue weighted by Gasteiger charge is 2.31. The summed E-state index contributed by atoms with van der Waals surface area (Å²) >= 11 is 0. The van der Waals surface area contributed by atoms with Gasteiger partial charge in [-0.1, -0.05) is 13.3 Å². The number of hydrogen-bond acceptors (Lipinski definition) is 5. The monoisotopic (exact) mass is 347 g/mol. The molecule has 0 saturated carbocycles. The first-order valence-electron chi connectivity index (χ1n) is 9.48. The number of carbonyl (C=O) groups is 1. The Morgan fingerprint density at radius 2 is 2.08 bits per heavy atom. The Kier molecular flexibility index (Phi) is 6.07. The van der Waals surface area contributed by atoms with Crippen molar-refractivity contribution in [2.75, 3.05) is 50.7 Å². The van der Waals surface area contributed by atoms with Gasteiger partial charge < -0.3 is 9.80 Å². The van der Waals surface area contributed by atoms with Crippen molar-refractivity contribution in [1.29, 1.82) is 0 Å². The summed E-state index contributed by atoms with van der Waals surface area (Å²) in [6.45, 7) is 8.56. The molecule has 3 rings (SSSR count). The molecule has 0 radical (unpaired) electrons. The van der Waals surface area contributed by atoms with Crippen molar-refractivity contribution in [3.8, 4) is 0 Å². The molecular weight excluding hydrogens is 318 g/mol. The molecule has 0 aromatic carbocycles. The topological polar surface area (TPSA) is 72.5 Å². The maximum absolute atomic E-state index is 12.9. The van der Waals surface area contributed by atoms with Gasteiger partial charge in [0.1, 0.15) is 0 Å². The van der Waals surface area contributed by atoms with Gasteiger partial charge in [0.2, 0.25) is 5.91 Å². The maximum atomic E-state index is 12.9. The summed E-state index contributed by atoms with van der Waals surface area (Å²) < 4.78 is 0. The molecule has 2 saturated heterocycles. The van der Waals surface area contributed by atoms with E-state index in [0.29, 0.717) is 6.54 Å². The first-order chi connectivity index (χ1) is 12.2. The molecule has 2 aliphatic heterocycles. The molecule has 2 aliphatic rings. The molecule has 1 atom stereocenters. The van der Waals surface area contributed by atoms with Gasteiger partial charge in [-0.2, -0.15) is 5.10 Å². The molecule has 1 amide bonds. The Hall–Kier alpha value is -1.89. The van der Waals surface area contributed by atoms with E-state index in [-0.39, 0.29) is 17.4 Å². The predicted octanol–water partition coefficient (Wildman–Crippen LogP) is 0.931. The Morgan fingerprint density at radius 1 is 1.28 bits per heavy atom. The molecule has 25 heavy (non-hydrogen) atoms. The summed E-state index contributed by atoms with van der Waals surface area (Å²) in [5, 5.41) is 6.27. The van der Waals surface area contributed by atoms with E-state index in [1.165, 1.54) is 12.8 Å². The van der Waals surface area contributed by atoms with Gasteiger partial charge >= 0.3 is 0 Å². The number of piperazine rings is 1. The van der Waals surface area contributed by atoms with Crippen LogP contribution in [0.15, 0.2) is 17.1 Å². The van der Waals surface area contributed by atoms with Crippen LogP contribution in [-0.2, 0) is 4.79 Å². The van der Waals surface area contributed by atoms with Crippen LogP contribution in [0, 0.1) is 5.92 Å². The maximum Gasteiger partial charge on any atom is 0.266 e. The fourth-order valence-electron chi connectivity index (χ4n) is 3.78. The largest absolute Gasteiger partial charge is 0.369 e. The van der Waals surface area contributed by atoms with Crippen molar-refractivity contribution in [2.45, 2.75) is 32.6 Å². The molecule has 138 valence electrons. The lowest BCUT2D eigenvalue weighted by molar-refractivity contribution is -0.137. The minimum atomic E-state index is -0.200. The third-order valence-electron chi connectivity index (χ3n) is 5.30. The number of nitrogens with zero attached hydrogens (tertiary/aromatic N) is 4. The van der Waals surface area contributed by atoms with E-state index in [1.54, 1.807) is 12.3 Å². The van der Waals surface area contributed by atoms with Crippen LogP contribution in [0.3, 0.4) is 0 Å². The number of anilines is 1. The second-order valence-electron chi connectivity index (χ2n) is 7.11. The molecule has 3 heterocycles. The highest BCUT2D eigenvalue weighted by atomic mass is 16.2. The van der Waals surface area contributed by atoms with E-state index in [9.17, 15) is 9.59 Å². The van der Waals surface area contributed by atoms with Crippen LogP contribution in [0.25, 0.3) is 0 Å². The molecular formula is C18H29N5O2. The number of carbonyl (C=O) groups excluding carboxylic acids is 1. The SMILES string of the molecule is CCCCN1CCN(C(=O)[C@H]2CCCN(c3cn[nH]c(=O)c3)C2)CC1. The lowest BCUT2D eigenvalue weighted by atomic mass is 9.96. The second kappa shape index (κ2) is 8.47. The van der Waals surface area contributed by atoms with Crippen molar-refractivity contribution >= 4 is 11.6 Å². The summed E-state index contributed by atoms with van der Waals surface area (Å²) in [5.74, 6) is 0.299. The number of hydrogen-bond donors (Lipinski definition) is 1. The summed E-state index contributed by atoms with van der Waals surface area (Å²) in [5.41, 5.74) is 0.611.